The van der Waals surface area contributed by atoms with Crippen molar-refractivity contribution in [2.24, 2.45) is 0 Å². The number of carbonyl (C=O) groups is 1. The molecule has 1 aliphatic rings. The van der Waals surface area contributed by atoms with Crippen molar-refractivity contribution >= 4 is 5.91 Å². The summed E-state index contributed by atoms with van der Waals surface area (Å²) in [5.74, 6) is 0.206. The van der Waals surface area contributed by atoms with Crippen LogP contribution in [0.4, 0.5) is 0 Å². The lowest BCUT2D eigenvalue weighted by Crippen LogP contribution is -2.30. The van der Waals surface area contributed by atoms with Gasteiger partial charge in [0.2, 0.25) is 0 Å². The van der Waals surface area contributed by atoms with Crippen LogP contribution in [0.2, 0.25) is 0 Å². The van der Waals surface area contributed by atoms with Gasteiger partial charge in [-0.3, -0.25) is 4.79 Å². The summed E-state index contributed by atoms with van der Waals surface area (Å²) in [6, 6.07) is 4.83. The van der Waals surface area contributed by atoms with E-state index in [0.29, 0.717) is 12.1 Å². The van der Waals surface area contributed by atoms with Gasteiger partial charge in [0.1, 0.15) is 5.75 Å². The quantitative estimate of drug-likeness (QED) is 0.846. The molecule has 0 aromatic heterocycles. The highest BCUT2D eigenvalue weighted by Gasteiger charge is 2.27. The topological polar surface area (TPSA) is 49.8 Å². The molecule has 1 N–H and O–H groups in total. The third kappa shape index (κ3) is 2.42. The van der Waals surface area contributed by atoms with Crippen LogP contribution in [0.15, 0.2) is 18.2 Å². The fourth-order valence-corrected chi connectivity index (χ4v) is 2.16. The van der Waals surface area contributed by atoms with Crippen molar-refractivity contribution in [3.63, 3.8) is 0 Å². The van der Waals surface area contributed by atoms with E-state index in [1.807, 2.05) is 6.92 Å². The van der Waals surface area contributed by atoms with Gasteiger partial charge in [-0.2, -0.15) is 0 Å². The second-order valence-electron chi connectivity index (χ2n) is 4.40. The molecule has 0 spiro atoms. The maximum Gasteiger partial charge on any atom is 0.254 e. The van der Waals surface area contributed by atoms with Crippen molar-refractivity contribution in [3.8, 4) is 5.75 Å². The molecule has 17 heavy (non-hydrogen) atoms. The Hall–Kier alpha value is -1.55. The summed E-state index contributed by atoms with van der Waals surface area (Å²) >= 11 is 0. The number of carbonyl (C=O) groups excluding carboxylic acids is 1. The minimum atomic E-state index is 0.0158. The average molecular weight is 235 g/mol. The molecule has 1 atom stereocenters. The first-order valence-electron chi connectivity index (χ1n) is 5.73. The molecule has 1 aromatic carbocycles. The standard InChI is InChI=1S/C13H17NO3/c1-9-7-10(15)3-4-12(9)13(16)14-6-5-11(8-14)17-2/h3-4,7,11,15H,5-6,8H2,1-2H3. The first-order chi connectivity index (χ1) is 8.11. The molecule has 1 aliphatic heterocycles. The van der Waals surface area contributed by atoms with Crippen molar-refractivity contribution in [3.05, 3.63) is 29.3 Å². The second-order valence-corrected chi connectivity index (χ2v) is 4.40. The van der Waals surface area contributed by atoms with E-state index >= 15 is 0 Å². The fourth-order valence-electron chi connectivity index (χ4n) is 2.16. The van der Waals surface area contributed by atoms with Gasteiger partial charge in [-0.05, 0) is 37.1 Å². The number of likely N-dealkylation sites (tertiary alicyclic amines) is 1. The van der Waals surface area contributed by atoms with Gasteiger partial charge in [-0.25, -0.2) is 0 Å². The average Bonchev–Trinajstić information content (AvgIpc) is 2.76. The van der Waals surface area contributed by atoms with Crippen LogP contribution in [0, 0.1) is 6.92 Å². The minimum absolute atomic E-state index is 0.0158. The Bertz CT molecular complexity index is 431. The monoisotopic (exact) mass is 235 g/mol. The Kier molecular flexibility index (Phi) is 3.33. The van der Waals surface area contributed by atoms with Gasteiger partial charge in [-0.1, -0.05) is 0 Å². The number of hydrogen-bond donors (Lipinski definition) is 1. The number of benzene rings is 1. The molecular weight excluding hydrogens is 218 g/mol. The number of aromatic hydroxyl groups is 1. The van der Waals surface area contributed by atoms with Crippen molar-refractivity contribution < 1.29 is 14.6 Å². The minimum Gasteiger partial charge on any atom is -0.508 e. The molecule has 1 fully saturated rings. The fraction of sp³-hybridized carbons (Fsp3) is 0.462. The molecule has 0 saturated carbocycles. The maximum atomic E-state index is 12.2. The molecule has 1 amide bonds. The van der Waals surface area contributed by atoms with Gasteiger partial charge < -0.3 is 14.7 Å². The Labute approximate surface area is 101 Å². The molecule has 0 bridgehead atoms. The highest BCUT2D eigenvalue weighted by Crippen LogP contribution is 2.20. The number of aryl methyl sites for hydroxylation is 1. The van der Waals surface area contributed by atoms with E-state index in [9.17, 15) is 9.90 Å². The molecule has 1 saturated heterocycles. The molecule has 0 aliphatic carbocycles. The van der Waals surface area contributed by atoms with Gasteiger partial charge in [0, 0.05) is 25.8 Å². The van der Waals surface area contributed by atoms with Gasteiger partial charge in [0.25, 0.3) is 5.91 Å². The van der Waals surface area contributed by atoms with Gasteiger partial charge >= 0.3 is 0 Å². The predicted molar refractivity (Wildman–Crippen MR) is 64.2 cm³/mol. The van der Waals surface area contributed by atoms with Gasteiger partial charge in [-0.15, -0.1) is 0 Å². The summed E-state index contributed by atoms with van der Waals surface area (Å²) in [4.78, 5) is 14.0. The number of phenols is 1. The molecule has 4 nitrogen and oxygen atoms in total. The van der Waals surface area contributed by atoms with Crippen LogP contribution < -0.4 is 0 Å². The van der Waals surface area contributed by atoms with E-state index in [-0.39, 0.29) is 17.8 Å². The molecule has 0 radical (unpaired) electrons. The molecule has 92 valence electrons. The SMILES string of the molecule is COC1CCN(C(=O)c2ccc(O)cc2C)C1. The summed E-state index contributed by atoms with van der Waals surface area (Å²) in [5.41, 5.74) is 1.45. The molecule has 2 rings (SSSR count). The predicted octanol–water partition coefficient (Wildman–Crippen LogP) is 1.56. The lowest BCUT2D eigenvalue weighted by Gasteiger charge is -2.17. The third-order valence-electron chi connectivity index (χ3n) is 3.21. The zero-order valence-electron chi connectivity index (χ0n) is 10.1. The van der Waals surface area contributed by atoms with Crippen molar-refractivity contribution in [1.82, 2.24) is 4.90 Å². The first kappa shape index (κ1) is 11.9. The number of phenolic OH excluding ortho intramolecular Hbond substituents is 1. The van der Waals surface area contributed by atoms with Gasteiger partial charge in [0.05, 0.1) is 6.10 Å². The van der Waals surface area contributed by atoms with E-state index in [1.165, 1.54) is 0 Å². The normalized spacial score (nSPS) is 19.6. The number of methoxy groups -OCH3 is 1. The number of amides is 1. The zero-order valence-corrected chi connectivity index (χ0v) is 10.1. The Morgan fingerprint density at radius 1 is 1.53 bits per heavy atom. The molecule has 1 heterocycles. The molecule has 4 heteroatoms. The lowest BCUT2D eigenvalue weighted by atomic mass is 10.1. The Morgan fingerprint density at radius 2 is 2.29 bits per heavy atom. The van der Waals surface area contributed by atoms with Crippen LogP contribution >= 0.6 is 0 Å². The summed E-state index contributed by atoms with van der Waals surface area (Å²) < 4.78 is 5.24. The Morgan fingerprint density at radius 3 is 2.88 bits per heavy atom. The second kappa shape index (κ2) is 4.75. The van der Waals surface area contributed by atoms with E-state index < -0.39 is 0 Å². The highest BCUT2D eigenvalue weighted by molar-refractivity contribution is 5.96. The van der Waals surface area contributed by atoms with Crippen LogP contribution in [0.1, 0.15) is 22.3 Å². The largest absolute Gasteiger partial charge is 0.508 e. The third-order valence-corrected chi connectivity index (χ3v) is 3.21. The van der Waals surface area contributed by atoms with Crippen LogP contribution in [0.25, 0.3) is 0 Å². The molecule has 1 unspecified atom stereocenters. The van der Waals surface area contributed by atoms with E-state index in [0.717, 1.165) is 18.5 Å². The van der Waals surface area contributed by atoms with Crippen molar-refractivity contribution in [2.45, 2.75) is 19.4 Å². The first-order valence-corrected chi connectivity index (χ1v) is 5.73. The summed E-state index contributed by atoms with van der Waals surface area (Å²) in [6.07, 6.45) is 1.04. The number of ether oxygens (including phenoxy) is 1. The maximum absolute atomic E-state index is 12.2. The number of hydrogen-bond acceptors (Lipinski definition) is 3. The van der Waals surface area contributed by atoms with Gasteiger partial charge in [0.15, 0.2) is 0 Å². The zero-order chi connectivity index (χ0) is 12.4. The number of nitrogens with zero attached hydrogens (tertiary/aromatic N) is 1. The summed E-state index contributed by atoms with van der Waals surface area (Å²) in [6.45, 7) is 3.21. The summed E-state index contributed by atoms with van der Waals surface area (Å²) in [5, 5.41) is 9.32. The van der Waals surface area contributed by atoms with Crippen LogP contribution in [0.5, 0.6) is 5.75 Å². The van der Waals surface area contributed by atoms with Crippen molar-refractivity contribution in [1.29, 1.82) is 0 Å². The van der Waals surface area contributed by atoms with Crippen LogP contribution in [0.3, 0.4) is 0 Å². The van der Waals surface area contributed by atoms with Crippen molar-refractivity contribution in [2.75, 3.05) is 20.2 Å². The smallest absolute Gasteiger partial charge is 0.254 e. The summed E-state index contributed by atoms with van der Waals surface area (Å²) in [7, 11) is 1.67. The van der Waals surface area contributed by atoms with E-state index in [4.69, 9.17) is 4.74 Å². The lowest BCUT2D eigenvalue weighted by molar-refractivity contribution is 0.0723. The van der Waals surface area contributed by atoms with E-state index in [2.05, 4.69) is 0 Å². The Balaban J connectivity index is 2.15. The van der Waals surface area contributed by atoms with Crippen LogP contribution in [-0.2, 0) is 4.74 Å². The molecular formula is C13H17NO3. The highest BCUT2D eigenvalue weighted by atomic mass is 16.5. The van der Waals surface area contributed by atoms with E-state index in [1.54, 1.807) is 30.2 Å². The molecule has 1 aromatic rings. The number of rotatable bonds is 2. The van der Waals surface area contributed by atoms with Crippen LogP contribution in [-0.4, -0.2) is 42.2 Å².